The maximum absolute atomic E-state index is 5.84. The third kappa shape index (κ3) is 4.09. The van der Waals surface area contributed by atoms with E-state index < -0.39 is 0 Å². The molecule has 2 aromatic heterocycles. The second kappa shape index (κ2) is 7.38. The van der Waals surface area contributed by atoms with Crippen LogP contribution in [0.3, 0.4) is 0 Å². The van der Waals surface area contributed by atoms with Crippen molar-refractivity contribution in [2.45, 2.75) is 39.0 Å². The summed E-state index contributed by atoms with van der Waals surface area (Å²) < 4.78 is 11.6. The number of furan rings is 1. The molecule has 130 valence electrons. The van der Waals surface area contributed by atoms with Crippen molar-refractivity contribution in [1.29, 1.82) is 0 Å². The van der Waals surface area contributed by atoms with Crippen LogP contribution < -0.4 is 0 Å². The van der Waals surface area contributed by atoms with Crippen LogP contribution in [0.2, 0.25) is 0 Å². The number of ether oxygens (including phenoxy) is 1. The first-order valence-corrected chi connectivity index (χ1v) is 9.00. The van der Waals surface area contributed by atoms with Gasteiger partial charge >= 0.3 is 0 Å². The van der Waals surface area contributed by atoms with Gasteiger partial charge in [0.25, 0.3) is 0 Å². The fourth-order valence-corrected chi connectivity index (χ4v) is 3.48. The van der Waals surface area contributed by atoms with Crippen LogP contribution in [-0.4, -0.2) is 29.1 Å². The molecule has 1 atom stereocenters. The number of benzene rings is 1. The van der Waals surface area contributed by atoms with Gasteiger partial charge in [0.2, 0.25) is 0 Å². The molecule has 0 aliphatic carbocycles. The van der Waals surface area contributed by atoms with E-state index in [4.69, 9.17) is 14.1 Å². The summed E-state index contributed by atoms with van der Waals surface area (Å²) in [6.07, 6.45) is 2.61. The van der Waals surface area contributed by atoms with Crippen LogP contribution in [0.15, 0.2) is 52.9 Å². The molecule has 3 heterocycles. The third-order valence-electron chi connectivity index (χ3n) is 4.70. The lowest BCUT2D eigenvalue weighted by atomic mass is 10.2. The summed E-state index contributed by atoms with van der Waals surface area (Å²) >= 11 is 0. The van der Waals surface area contributed by atoms with Crippen molar-refractivity contribution in [3.8, 4) is 0 Å². The Labute approximate surface area is 148 Å². The van der Waals surface area contributed by atoms with Crippen LogP contribution in [0.25, 0.3) is 10.9 Å². The number of rotatable bonds is 6. The monoisotopic (exact) mass is 336 g/mol. The maximum atomic E-state index is 5.84. The van der Waals surface area contributed by atoms with E-state index in [1.165, 1.54) is 5.39 Å². The van der Waals surface area contributed by atoms with E-state index in [1.807, 2.05) is 25.1 Å². The first kappa shape index (κ1) is 16.3. The first-order chi connectivity index (χ1) is 12.3. The molecule has 4 rings (SSSR count). The molecule has 4 heteroatoms. The number of para-hydroxylation sites is 1. The highest BCUT2D eigenvalue weighted by molar-refractivity contribution is 5.78. The van der Waals surface area contributed by atoms with Gasteiger partial charge in [-0.3, -0.25) is 9.88 Å². The van der Waals surface area contributed by atoms with Gasteiger partial charge in [0.1, 0.15) is 11.5 Å². The lowest BCUT2D eigenvalue weighted by Gasteiger charge is -2.24. The molecule has 25 heavy (non-hydrogen) atoms. The number of pyridine rings is 1. The van der Waals surface area contributed by atoms with Gasteiger partial charge in [0.05, 0.1) is 23.9 Å². The minimum Gasteiger partial charge on any atom is -0.465 e. The maximum Gasteiger partial charge on any atom is 0.118 e. The molecular weight excluding hydrogens is 312 g/mol. The fraction of sp³-hybridized carbons (Fsp3) is 0.381. The van der Waals surface area contributed by atoms with Crippen molar-refractivity contribution in [3.63, 3.8) is 0 Å². The van der Waals surface area contributed by atoms with Crippen LogP contribution in [0.4, 0.5) is 0 Å². The second-order valence-corrected chi connectivity index (χ2v) is 6.81. The van der Waals surface area contributed by atoms with E-state index >= 15 is 0 Å². The van der Waals surface area contributed by atoms with Crippen molar-refractivity contribution in [2.75, 3.05) is 13.2 Å². The van der Waals surface area contributed by atoms with Gasteiger partial charge in [-0.1, -0.05) is 24.3 Å². The molecule has 0 amide bonds. The van der Waals surface area contributed by atoms with E-state index in [2.05, 4.69) is 35.2 Å². The minimum atomic E-state index is 0.316. The van der Waals surface area contributed by atoms with Crippen LogP contribution in [-0.2, 0) is 17.8 Å². The molecule has 1 fully saturated rings. The Morgan fingerprint density at radius 2 is 2.00 bits per heavy atom. The molecule has 1 saturated heterocycles. The predicted octanol–water partition coefficient (Wildman–Crippen LogP) is 4.32. The Kier molecular flexibility index (Phi) is 4.81. The predicted molar refractivity (Wildman–Crippen MR) is 98.3 cm³/mol. The Bertz CT molecular complexity index is 837. The highest BCUT2D eigenvalue weighted by Gasteiger charge is 2.20. The van der Waals surface area contributed by atoms with Gasteiger partial charge in [-0.05, 0) is 44.0 Å². The average Bonchev–Trinajstić information content (AvgIpc) is 3.26. The van der Waals surface area contributed by atoms with Crippen LogP contribution in [0.1, 0.15) is 30.1 Å². The van der Waals surface area contributed by atoms with Gasteiger partial charge < -0.3 is 9.15 Å². The molecule has 1 aliphatic rings. The number of hydrogen-bond acceptors (Lipinski definition) is 4. The summed E-state index contributed by atoms with van der Waals surface area (Å²) in [5.74, 6) is 1.95. The normalized spacial score (nSPS) is 17.6. The molecule has 1 unspecified atom stereocenters. The van der Waals surface area contributed by atoms with E-state index in [0.717, 1.165) is 61.8 Å². The van der Waals surface area contributed by atoms with Crippen molar-refractivity contribution >= 4 is 10.9 Å². The highest BCUT2D eigenvalue weighted by atomic mass is 16.5. The van der Waals surface area contributed by atoms with Gasteiger partial charge in [-0.25, -0.2) is 0 Å². The van der Waals surface area contributed by atoms with Crippen LogP contribution in [0, 0.1) is 6.92 Å². The highest BCUT2D eigenvalue weighted by Crippen LogP contribution is 2.19. The fourth-order valence-electron chi connectivity index (χ4n) is 3.48. The zero-order valence-corrected chi connectivity index (χ0v) is 14.6. The summed E-state index contributed by atoms with van der Waals surface area (Å²) in [4.78, 5) is 7.20. The van der Waals surface area contributed by atoms with Gasteiger partial charge in [0, 0.05) is 25.1 Å². The quantitative estimate of drug-likeness (QED) is 0.672. The molecule has 1 aliphatic heterocycles. The smallest absolute Gasteiger partial charge is 0.118 e. The SMILES string of the molecule is Cc1ccc(CN(Cc2ccc3ccccc3n2)CC2CCCO2)o1. The van der Waals surface area contributed by atoms with Gasteiger partial charge in [0.15, 0.2) is 0 Å². The molecule has 0 radical (unpaired) electrons. The van der Waals surface area contributed by atoms with E-state index in [-0.39, 0.29) is 0 Å². The number of aromatic nitrogens is 1. The Balaban J connectivity index is 1.52. The summed E-state index contributed by atoms with van der Waals surface area (Å²) in [6.45, 7) is 5.35. The second-order valence-electron chi connectivity index (χ2n) is 6.81. The minimum absolute atomic E-state index is 0.316. The average molecular weight is 336 g/mol. The number of fused-ring (bicyclic) bond motifs is 1. The summed E-state index contributed by atoms with van der Waals surface area (Å²) in [5, 5.41) is 1.18. The number of aryl methyl sites for hydroxylation is 1. The standard InChI is InChI=1S/C21H24N2O2/c1-16-8-11-20(25-16)15-23(14-19-6-4-12-24-19)13-18-10-9-17-5-2-3-7-21(17)22-18/h2-3,5,7-11,19H,4,6,12-15H2,1H3. The van der Waals surface area contributed by atoms with Gasteiger partial charge in [-0.2, -0.15) is 0 Å². The van der Waals surface area contributed by atoms with Crippen molar-refractivity contribution < 1.29 is 9.15 Å². The Morgan fingerprint density at radius 1 is 1.08 bits per heavy atom. The molecular formula is C21H24N2O2. The van der Waals surface area contributed by atoms with E-state index in [1.54, 1.807) is 0 Å². The zero-order valence-electron chi connectivity index (χ0n) is 14.6. The summed E-state index contributed by atoms with van der Waals surface area (Å²) in [5.41, 5.74) is 2.13. The zero-order chi connectivity index (χ0) is 17.1. The topological polar surface area (TPSA) is 38.5 Å². The summed E-state index contributed by atoms with van der Waals surface area (Å²) in [7, 11) is 0. The molecule has 1 aromatic carbocycles. The molecule has 3 aromatic rings. The Morgan fingerprint density at radius 3 is 2.80 bits per heavy atom. The first-order valence-electron chi connectivity index (χ1n) is 9.00. The molecule has 0 spiro atoms. The number of hydrogen-bond donors (Lipinski definition) is 0. The van der Waals surface area contributed by atoms with Crippen molar-refractivity contribution in [3.05, 3.63) is 65.7 Å². The molecule has 4 nitrogen and oxygen atoms in total. The van der Waals surface area contributed by atoms with Crippen LogP contribution >= 0.6 is 0 Å². The largest absolute Gasteiger partial charge is 0.465 e. The lowest BCUT2D eigenvalue weighted by Crippen LogP contribution is -2.31. The van der Waals surface area contributed by atoms with Gasteiger partial charge in [-0.15, -0.1) is 0 Å². The van der Waals surface area contributed by atoms with Crippen molar-refractivity contribution in [2.24, 2.45) is 0 Å². The third-order valence-corrected chi connectivity index (χ3v) is 4.70. The van der Waals surface area contributed by atoms with Crippen LogP contribution in [0.5, 0.6) is 0 Å². The molecule has 0 saturated carbocycles. The van der Waals surface area contributed by atoms with E-state index in [9.17, 15) is 0 Å². The van der Waals surface area contributed by atoms with E-state index in [0.29, 0.717) is 6.10 Å². The molecule has 0 bridgehead atoms. The van der Waals surface area contributed by atoms with Crippen molar-refractivity contribution in [1.82, 2.24) is 9.88 Å². The molecule has 0 N–H and O–H groups in total. The number of nitrogens with zero attached hydrogens (tertiary/aromatic N) is 2. The lowest BCUT2D eigenvalue weighted by molar-refractivity contribution is 0.0650. The Hall–Kier alpha value is -2.17. The summed E-state index contributed by atoms with van der Waals surface area (Å²) in [6, 6.07) is 16.6.